The van der Waals surface area contributed by atoms with E-state index in [2.05, 4.69) is 5.32 Å². The lowest BCUT2D eigenvalue weighted by molar-refractivity contribution is -0.142. The van der Waals surface area contributed by atoms with Gasteiger partial charge in [-0.15, -0.1) is 0 Å². The molecule has 1 fully saturated rings. The minimum absolute atomic E-state index is 0.125. The summed E-state index contributed by atoms with van der Waals surface area (Å²) >= 11 is 0. The molecule has 2 N–H and O–H groups in total. The first-order valence-electron chi connectivity index (χ1n) is 8.26. The maximum Gasteiger partial charge on any atom is 0.330 e. The van der Waals surface area contributed by atoms with E-state index in [1.54, 1.807) is 6.07 Å². The molecular formula is C19H21NO4. The van der Waals surface area contributed by atoms with Crippen LogP contribution in [-0.2, 0) is 14.3 Å². The molecule has 0 bridgehead atoms. The van der Waals surface area contributed by atoms with Crippen molar-refractivity contribution in [3.05, 3.63) is 48.0 Å². The number of carboxylic acid groups (broad SMARTS) is 1. The van der Waals surface area contributed by atoms with Gasteiger partial charge in [-0.05, 0) is 41.7 Å². The van der Waals surface area contributed by atoms with Gasteiger partial charge in [-0.3, -0.25) is 4.79 Å². The van der Waals surface area contributed by atoms with Gasteiger partial charge in [0.25, 0.3) is 0 Å². The highest BCUT2D eigenvalue weighted by Crippen LogP contribution is 2.22. The van der Waals surface area contributed by atoms with Crippen LogP contribution in [0.2, 0.25) is 0 Å². The van der Waals surface area contributed by atoms with Gasteiger partial charge in [-0.1, -0.05) is 36.4 Å². The molecule has 2 unspecified atom stereocenters. The maximum absolute atomic E-state index is 12.1. The molecule has 1 saturated heterocycles. The Morgan fingerprint density at radius 2 is 2.00 bits per heavy atom. The second-order valence-corrected chi connectivity index (χ2v) is 6.12. The molecule has 24 heavy (non-hydrogen) atoms. The van der Waals surface area contributed by atoms with Crippen molar-refractivity contribution in [2.75, 3.05) is 6.61 Å². The van der Waals surface area contributed by atoms with Crippen molar-refractivity contribution in [3.8, 4) is 0 Å². The monoisotopic (exact) mass is 327 g/mol. The Morgan fingerprint density at radius 1 is 1.21 bits per heavy atom. The predicted molar refractivity (Wildman–Crippen MR) is 90.7 cm³/mol. The molecule has 1 aliphatic heterocycles. The Hall–Kier alpha value is -2.40. The van der Waals surface area contributed by atoms with Crippen molar-refractivity contribution in [1.29, 1.82) is 0 Å². The smallest absolute Gasteiger partial charge is 0.330 e. The van der Waals surface area contributed by atoms with Gasteiger partial charge in [0.05, 0.1) is 6.10 Å². The third kappa shape index (κ3) is 3.92. The van der Waals surface area contributed by atoms with E-state index in [0.717, 1.165) is 30.2 Å². The van der Waals surface area contributed by atoms with Crippen molar-refractivity contribution in [2.45, 2.75) is 37.8 Å². The van der Waals surface area contributed by atoms with Gasteiger partial charge in [-0.2, -0.15) is 0 Å². The van der Waals surface area contributed by atoms with E-state index in [9.17, 15) is 14.7 Å². The van der Waals surface area contributed by atoms with Gasteiger partial charge in [0.1, 0.15) is 0 Å². The molecule has 126 valence electrons. The standard InChI is InChI=1S/C19H21NO4/c21-17(10-9-16-6-3-11-24-16)20-18(19(22)23)15-8-7-13-4-1-2-5-14(13)12-15/h1-2,4-5,7-8,12,16,18H,3,6,9-11H2,(H,20,21)(H,22,23). The van der Waals surface area contributed by atoms with E-state index >= 15 is 0 Å². The van der Waals surface area contributed by atoms with Crippen LogP contribution in [0.5, 0.6) is 0 Å². The SMILES string of the molecule is O=C(CCC1CCCO1)NC(C(=O)O)c1ccc2ccccc2c1. The summed E-state index contributed by atoms with van der Waals surface area (Å²) in [6, 6.07) is 12.1. The van der Waals surface area contributed by atoms with E-state index < -0.39 is 12.0 Å². The number of carbonyl (C=O) groups excluding carboxylic acids is 1. The van der Waals surface area contributed by atoms with Gasteiger partial charge in [0.15, 0.2) is 6.04 Å². The lowest BCUT2D eigenvalue weighted by Crippen LogP contribution is -2.34. The summed E-state index contributed by atoms with van der Waals surface area (Å²) in [5, 5.41) is 14.1. The molecule has 5 nitrogen and oxygen atoms in total. The number of rotatable bonds is 6. The Labute approximate surface area is 140 Å². The summed E-state index contributed by atoms with van der Waals surface area (Å²) in [6.07, 6.45) is 3.04. The Morgan fingerprint density at radius 3 is 2.71 bits per heavy atom. The quantitative estimate of drug-likeness (QED) is 0.855. The first-order valence-corrected chi connectivity index (χ1v) is 8.26. The number of nitrogens with one attached hydrogen (secondary N) is 1. The van der Waals surface area contributed by atoms with Crippen LogP contribution >= 0.6 is 0 Å². The molecule has 3 rings (SSSR count). The van der Waals surface area contributed by atoms with E-state index in [1.165, 1.54) is 0 Å². The summed E-state index contributed by atoms with van der Waals surface area (Å²) < 4.78 is 5.49. The van der Waals surface area contributed by atoms with Crippen LogP contribution in [0.3, 0.4) is 0 Å². The normalized spacial score (nSPS) is 18.4. The third-order valence-corrected chi connectivity index (χ3v) is 4.38. The minimum atomic E-state index is -1.06. The number of carboxylic acids is 1. The van der Waals surface area contributed by atoms with Crippen molar-refractivity contribution in [2.24, 2.45) is 0 Å². The van der Waals surface area contributed by atoms with Gasteiger partial charge in [-0.25, -0.2) is 4.79 Å². The lowest BCUT2D eigenvalue weighted by atomic mass is 10.0. The maximum atomic E-state index is 12.1. The first kappa shape index (κ1) is 16.5. The fourth-order valence-corrected chi connectivity index (χ4v) is 3.07. The van der Waals surface area contributed by atoms with Crippen molar-refractivity contribution >= 4 is 22.6 Å². The van der Waals surface area contributed by atoms with Crippen LogP contribution in [0.15, 0.2) is 42.5 Å². The topological polar surface area (TPSA) is 75.6 Å². The summed E-state index contributed by atoms with van der Waals surface area (Å²) in [5.41, 5.74) is 0.576. The summed E-state index contributed by atoms with van der Waals surface area (Å²) in [4.78, 5) is 23.7. The number of hydrogen-bond acceptors (Lipinski definition) is 3. The average Bonchev–Trinajstić information content (AvgIpc) is 3.10. The molecule has 0 saturated carbocycles. The molecular weight excluding hydrogens is 306 g/mol. The second-order valence-electron chi connectivity index (χ2n) is 6.12. The number of aliphatic carboxylic acids is 1. The van der Waals surface area contributed by atoms with Gasteiger partial charge in [0.2, 0.25) is 5.91 Å². The van der Waals surface area contributed by atoms with Crippen molar-refractivity contribution in [1.82, 2.24) is 5.32 Å². The zero-order chi connectivity index (χ0) is 16.9. The minimum Gasteiger partial charge on any atom is -0.479 e. The van der Waals surface area contributed by atoms with Crippen LogP contribution in [0.25, 0.3) is 10.8 Å². The summed E-state index contributed by atoms with van der Waals surface area (Å²) in [7, 11) is 0. The van der Waals surface area contributed by atoms with E-state index in [1.807, 2.05) is 36.4 Å². The van der Waals surface area contributed by atoms with Gasteiger partial charge < -0.3 is 15.2 Å². The predicted octanol–water partition coefficient (Wildman–Crippen LogP) is 3.04. The van der Waals surface area contributed by atoms with Crippen LogP contribution in [0.4, 0.5) is 0 Å². The number of carbonyl (C=O) groups is 2. The number of benzene rings is 2. The third-order valence-electron chi connectivity index (χ3n) is 4.38. The number of hydrogen-bond donors (Lipinski definition) is 2. The lowest BCUT2D eigenvalue weighted by Gasteiger charge is -2.16. The van der Waals surface area contributed by atoms with Crippen molar-refractivity contribution in [3.63, 3.8) is 0 Å². The van der Waals surface area contributed by atoms with Crippen molar-refractivity contribution < 1.29 is 19.4 Å². The summed E-state index contributed by atoms with van der Waals surface area (Å²) in [6.45, 7) is 0.751. The Balaban J connectivity index is 1.68. The zero-order valence-corrected chi connectivity index (χ0v) is 13.4. The first-order chi connectivity index (χ1) is 11.6. The van der Waals surface area contributed by atoms with Gasteiger partial charge >= 0.3 is 5.97 Å². The average molecular weight is 327 g/mol. The van der Waals surface area contributed by atoms with E-state index in [0.29, 0.717) is 12.0 Å². The fourth-order valence-electron chi connectivity index (χ4n) is 3.07. The Bertz CT molecular complexity index is 737. The highest BCUT2D eigenvalue weighted by molar-refractivity contribution is 5.88. The number of amides is 1. The molecule has 1 aliphatic rings. The molecule has 0 radical (unpaired) electrons. The highest BCUT2D eigenvalue weighted by atomic mass is 16.5. The van der Waals surface area contributed by atoms with Crippen LogP contribution in [0, 0.1) is 0 Å². The number of ether oxygens (including phenoxy) is 1. The molecule has 1 amide bonds. The molecule has 0 spiro atoms. The molecule has 2 aromatic rings. The molecule has 2 atom stereocenters. The molecule has 2 aromatic carbocycles. The van der Waals surface area contributed by atoms with Gasteiger partial charge in [0, 0.05) is 13.0 Å². The van der Waals surface area contributed by atoms with Crippen LogP contribution in [0.1, 0.15) is 37.3 Å². The number of fused-ring (bicyclic) bond motifs is 1. The largest absolute Gasteiger partial charge is 0.479 e. The molecule has 1 heterocycles. The highest BCUT2D eigenvalue weighted by Gasteiger charge is 2.23. The zero-order valence-electron chi connectivity index (χ0n) is 13.4. The fraction of sp³-hybridized carbons (Fsp3) is 0.368. The van der Waals surface area contributed by atoms with E-state index in [4.69, 9.17) is 4.74 Å². The second kappa shape index (κ2) is 7.45. The Kier molecular flexibility index (Phi) is 5.11. The molecule has 0 aliphatic carbocycles. The van der Waals surface area contributed by atoms with Crippen LogP contribution < -0.4 is 5.32 Å². The molecule has 0 aromatic heterocycles. The molecule has 5 heteroatoms. The summed E-state index contributed by atoms with van der Waals surface area (Å²) in [5.74, 6) is -1.32. The van der Waals surface area contributed by atoms with E-state index in [-0.39, 0.29) is 18.4 Å². The van der Waals surface area contributed by atoms with Crippen LogP contribution in [-0.4, -0.2) is 29.7 Å².